The van der Waals surface area contributed by atoms with E-state index < -0.39 is 18.5 Å². The molecule has 2 aromatic carbocycles. The number of nitrogens with zero attached hydrogens (tertiary/aromatic N) is 3. The highest BCUT2D eigenvalue weighted by atomic mass is 79.9. The first-order valence-corrected chi connectivity index (χ1v) is 10.8. The lowest BCUT2D eigenvalue weighted by molar-refractivity contribution is -0.142. The molecule has 0 bridgehead atoms. The number of aryl methyl sites for hydroxylation is 1. The average Bonchev–Trinajstić information content (AvgIpc) is 3.04. The molecule has 3 aromatic rings. The molecule has 0 saturated carbocycles. The molecule has 0 spiro atoms. The number of anilines is 1. The second-order valence-corrected chi connectivity index (χ2v) is 8.60. The number of benzene rings is 2. The molecule has 168 valence electrons. The summed E-state index contributed by atoms with van der Waals surface area (Å²) < 4.78 is 42.6. The number of hydrogen-bond acceptors (Lipinski definition) is 5. The number of nitrogens with one attached hydrogen (secondary N) is 1. The number of amides is 1. The third-order valence-electron chi connectivity index (χ3n) is 4.10. The van der Waals surface area contributed by atoms with Gasteiger partial charge in [0, 0.05) is 29.0 Å². The van der Waals surface area contributed by atoms with Crippen molar-refractivity contribution in [1.82, 2.24) is 9.78 Å². The van der Waals surface area contributed by atoms with E-state index in [2.05, 4.69) is 31.5 Å². The van der Waals surface area contributed by atoms with E-state index in [1.807, 2.05) is 0 Å². The monoisotopic (exact) mass is 526 g/mol. The third-order valence-corrected chi connectivity index (χ3v) is 5.84. The molecule has 0 saturated heterocycles. The van der Waals surface area contributed by atoms with E-state index in [9.17, 15) is 18.0 Å². The number of carbonyl (C=O) groups is 1. The summed E-state index contributed by atoms with van der Waals surface area (Å²) in [6, 6.07) is 13.9. The Labute approximate surface area is 195 Å². The Morgan fingerprint density at radius 2 is 1.88 bits per heavy atom. The van der Waals surface area contributed by atoms with Gasteiger partial charge in [-0.15, -0.1) is 0 Å². The van der Waals surface area contributed by atoms with Crippen LogP contribution in [-0.4, -0.2) is 21.9 Å². The number of aromatic nitrogens is 2. The van der Waals surface area contributed by atoms with Crippen LogP contribution in [0.1, 0.15) is 23.7 Å². The maximum absolute atomic E-state index is 13.5. The van der Waals surface area contributed by atoms with Crippen molar-refractivity contribution in [1.29, 1.82) is 0 Å². The SMILES string of the molecule is CC(=O)Nc1ccc(C=NOCc2c(C(F)(F)F)nn(C)c2Sc2ccc(Br)cc2)cc1. The molecular weight excluding hydrogens is 509 g/mol. The van der Waals surface area contributed by atoms with Crippen molar-refractivity contribution in [2.75, 3.05) is 5.32 Å². The van der Waals surface area contributed by atoms with Crippen LogP contribution in [0.4, 0.5) is 18.9 Å². The molecule has 0 aliphatic rings. The van der Waals surface area contributed by atoms with Crippen molar-refractivity contribution in [3.05, 3.63) is 69.8 Å². The number of hydrogen-bond donors (Lipinski definition) is 1. The van der Waals surface area contributed by atoms with Gasteiger partial charge in [-0.1, -0.05) is 45.0 Å². The van der Waals surface area contributed by atoms with Crippen LogP contribution >= 0.6 is 27.7 Å². The lowest BCUT2D eigenvalue weighted by Crippen LogP contribution is -2.10. The first-order chi connectivity index (χ1) is 15.1. The topological polar surface area (TPSA) is 68.5 Å². The second-order valence-electron chi connectivity index (χ2n) is 6.62. The van der Waals surface area contributed by atoms with Crippen molar-refractivity contribution in [3.8, 4) is 0 Å². The number of halogens is 4. The van der Waals surface area contributed by atoms with Gasteiger partial charge in [0.15, 0.2) is 5.69 Å². The molecule has 0 atom stereocenters. The van der Waals surface area contributed by atoms with E-state index in [0.29, 0.717) is 16.3 Å². The molecular formula is C21H18BrF3N4O2S. The first kappa shape index (κ1) is 23.9. The summed E-state index contributed by atoms with van der Waals surface area (Å²) in [7, 11) is 1.46. The largest absolute Gasteiger partial charge is 0.435 e. The zero-order valence-corrected chi connectivity index (χ0v) is 19.4. The molecule has 11 heteroatoms. The molecule has 0 fully saturated rings. The van der Waals surface area contributed by atoms with Gasteiger partial charge in [-0.25, -0.2) is 0 Å². The number of oxime groups is 1. The fourth-order valence-electron chi connectivity index (χ4n) is 2.71. The molecule has 0 aliphatic heterocycles. The van der Waals surface area contributed by atoms with Crippen molar-refractivity contribution < 1.29 is 22.8 Å². The van der Waals surface area contributed by atoms with Crippen LogP contribution in [0.5, 0.6) is 0 Å². The summed E-state index contributed by atoms with van der Waals surface area (Å²) in [6.45, 7) is 1.00. The molecule has 1 heterocycles. The van der Waals surface area contributed by atoms with Crippen LogP contribution in [0, 0.1) is 0 Å². The Morgan fingerprint density at radius 1 is 1.22 bits per heavy atom. The lowest BCUT2D eigenvalue weighted by atomic mass is 10.2. The molecule has 1 amide bonds. The van der Waals surface area contributed by atoms with Crippen molar-refractivity contribution in [2.24, 2.45) is 12.2 Å². The third kappa shape index (κ3) is 6.36. The number of carbonyl (C=O) groups excluding carboxylic acids is 1. The Balaban J connectivity index is 1.76. The van der Waals surface area contributed by atoms with Gasteiger partial charge in [-0.05, 0) is 42.0 Å². The van der Waals surface area contributed by atoms with Crippen LogP contribution in [0.2, 0.25) is 0 Å². The molecule has 3 rings (SSSR count). The Bertz CT molecular complexity index is 1110. The van der Waals surface area contributed by atoms with Crippen LogP contribution < -0.4 is 5.32 Å². The van der Waals surface area contributed by atoms with E-state index in [-0.39, 0.29) is 11.5 Å². The van der Waals surface area contributed by atoms with Gasteiger partial charge in [0.05, 0.1) is 11.8 Å². The quantitative estimate of drug-likeness (QED) is 0.309. The lowest BCUT2D eigenvalue weighted by Gasteiger charge is -2.08. The van der Waals surface area contributed by atoms with Gasteiger partial charge in [0.25, 0.3) is 0 Å². The Kier molecular flexibility index (Phi) is 7.62. The van der Waals surface area contributed by atoms with Gasteiger partial charge in [0.2, 0.25) is 5.91 Å². The standard InChI is InChI=1S/C21H18BrF3N4O2S/c1-13(30)27-16-7-3-14(4-8-16)11-26-31-12-18-19(21(23,24)25)28-29(2)20(18)32-17-9-5-15(22)6-10-17/h3-11H,12H2,1-2H3,(H,27,30). The Hall–Kier alpha value is -2.79. The van der Waals surface area contributed by atoms with Gasteiger partial charge >= 0.3 is 6.18 Å². The van der Waals surface area contributed by atoms with E-state index in [0.717, 1.165) is 21.1 Å². The van der Waals surface area contributed by atoms with Gasteiger partial charge < -0.3 is 10.2 Å². The van der Waals surface area contributed by atoms with Gasteiger partial charge in [0.1, 0.15) is 11.6 Å². The molecule has 0 radical (unpaired) electrons. The summed E-state index contributed by atoms with van der Waals surface area (Å²) in [4.78, 5) is 17.0. The molecule has 1 aromatic heterocycles. The van der Waals surface area contributed by atoms with Crippen molar-refractivity contribution in [2.45, 2.75) is 29.6 Å². The highest BCUT2D eigenvalue weighted by molar-refractivity contribution is 9.10. The summed E-state index contributed by atoms with van der Waals surface area (Å²) in [6.07, 6.45) is -3.25. The van der Waals surface area contributed by atoms with Crippen LogP contribution in [-0.2, 0) is 29.5 Å². The average molecular weight is 527 g/mol. The summed E-state index contributed by atoms with van der Waals surface area (Å²) >= 11 is 4.50. The summed E-state index contributed by atoms with van der Waals surface area (Å²) in [5.74, 6) is -0.191. The minimum Gasteiger partial charge on any atom is -0.391 e. The molecule has 32 heavy (non-hydrogen) atoms. The van der Waals surface area contributed by atoms with Crippen molar-refractivity contribution >= 4 is 45.5 Å². The number of alkyl halides is 3. The summed E-state index contributed by atoms with van der Waals surface area (Å²) in [5.41, 5.74) is 0.182. The van der Waals surface area contributed by atoms with Crippen LogP contribution in [0.25, 0.3) is 0 Å². The van der Waals surface area contributed by atoms with Gasteiger partial charge in [-0.2, -0.15) is 18.3 Å². The van der Waals surface area contributed by atoms with E-state index in [1.54, 1.807) is 48.5 Å². The highest BCUT2D eigenvalue weighted by Crippen LogP contribution is 2.39. The molecule has 1 N–H and O–H groups in total. The van der Waals surface area contributed by atoms with E-state index in [1.165, 1.54) is 24.9 Å². The van der Waals surface area contributed by atoms with E-state index >= 15 is 0 Å². The fourth-order valence-corrected chi connectivity index (χ4v) is 3.92. The minimum atomic E-state index is -4.63. The predicted molar refractivity (Wildman–Crippen MR) is 120 cm³/mol. The summed E-state index contributed by atoms with van der Waals surface area (Å²) in [5, 5.41) is 10.4. The highest BCUT2D eigenvalue weighted by Gasteiger charge is 2.39. The fraction of sp³-hybridized carbons (Fsp3) is 0.190. The van der Waals surface area contributed by atoms with Crippen LogP contribution in [0.15, 0.2) is 68.1 Å². The zero-order valence-electron chi connectivity index (χ0n) is 17.0. The van der Waals surface area contributed by atoms with Gasteiger partial charge in [-0.3, -0.25) is 9.48 Å². The Morgan fingerprint density at radius 3 is 2.47 bits per heavy atom. The minimum absolute atomic E-state index is 0.0916. The second kappa shape index (κ2) is 10.2. The molecule has 0 aliphatic carbocycles. The molecule has 0 unspecified atom stereocenters. The molecule has 6 nitrogen and oxygen atoms in total. The maximum Gasteiger partial charge on any atom is 0.435 e. The number of rotatable bonds is 7. The van der Waals surface area contributed by atoms with Crippen LogP contribution in [0.3, 0.4) is 0 Å². The first-order valence-electron chi connectivity index (χ1n) is 9.23. The van der Waals surface area contributed by atoms with Crippen molar-refractivity contribution in [3.63, 3.8) is 0 Å². The zero-order chi connectivity index (χ0) is 23.3. The maximum atomic E-state index is 13.5. The smallest absolute Gasteiger partial charge is 0.391 e. The predicted octanol–water partition coefficient (Wildman–Crippen LogP) is 5.86. The normalized spacial score (nSPS) is 11.7. The van der Waals surface area contributed by atoms with E-state index in [4.69, 9.17) is 4.84 Å².